The molecule has 0 radical (unpaired) electrons. The van der Waals surface area contributed by atoms with Gasteiger partial charge in [-0.2, -0.15) is 5.10 Å². The lowest BCUT2D eigenvalue weighted by molar-refractivity contribution is -0.000474. The number of likely N-dealkylation sites (N-methyl/N-ethyl adjacent to an activating group) is 1. The van der Waals surface area contributed by atoms with Crippen LogP contribution in [0.25, 0.3) is 22.5 Å². The second kappa shape index (κ2) is 12.9. The Bertz CT molecular complexity index is 1130. The maximum absolute atomic E-state index is 6.38. The fourth-order valence-corrected chi connectivity index (χ4v) is 4.09. The third-order valence-electron chi connectivity index (χ3n) is 6.13. The summed E-state index contributed by atoms with van der Waals surface area (Å²) in [6.45, 7) is 9.00. The minimum atomic E-state index is -0.142. The third kappa shape index (κ3) is 7.04. The Morgan fingerprint density at radius 2 is 1.40 bits per heavy atom. The summed E-state index contributed by atoms with van der Waals surface area (Å²) in [5.74, 6) is 0.846. The molecule has 0 aliphatic rings. The van der Waals surface area contributed by atoms with Crippen LogP contribution in [0.1, 0.15) is 13.8 Å². The van der Waals surface area contributed by atoms with Gasteiger partial charge < -0.3 is 14.4 Å². The van der Waals surface area contributed by atoms with Crippen molar-refractivity contribution < 1.29 is 9.47 Å². The van der Waals surface area contributed by atoms with Crippen LogP contribution in [0.15, 0.2) is 97.1 Å². The molecule has 3 aromatic carbocycles. The van der Waals surface area contributed by atoms with E-state index in [1.54, 1.807) is 0 Å². The van der Waals surface area contributed by atoms with E-state index in [1.165, 1.54) is 0 Å². The molecule has 1 unspecified atom stereocenters. The molecule has 0 saturated heterocycles. The number of ether oxygens (including phenoxy) is 2. The average molecular weight is 470 g/mol. The summed E-state index contributed by atoms with van der Waals surface area (Å²) < 4.78 is 14.6. The lowest BCUT2D eigenvalue weighted by Gasteiger charge is -2.23. The van der Waals surface area contributed by atoms with Crippen LogP contribution in [0.2, 0.25) is 0 Å². The molecule has 0 aliphatic heterocycles. The van der Waals surface area contributed by atoms with Crippen LogP contribution >= 0.6 is 0 Å². The van der Waals surface area contributed by atoms with Gasteiger partial charge in [0.25, 0.3) is 0 Å². The van der Waals surface area contributed by atoms with E-state index in [9.17, 15) is 0 Å². The van der Waals surface area contributed by atoms with E-state index in [2.05, 4.69) is 65.9 Å². The van der Waals surface area contributed by atoms with Crippen LogP contribution in [0.4, 0.5) is 0 Å². The van der Waals surface area contributed by atoms with Crippen LogP contribution in [-0.2, 0) is 11.3 Å². The SMILES string of the molecule is CCN(CC)CCOC(COc1ccccc1)Cn1nc(-c2ccccc2)cc1-c1ccccc1. The Hall–Kier alpha value is -3.41. The van der Waals surface area contributed by atoms with Crippen molar-refractivity contribution in [1.82, 2.24) is 14.7 Å². The molecule has 0 spiro atoms. The molecular formula is C30H35N3O2. The van der Waals surface area contributed by atoms with Gasteiger partial charge in [0, 0.05) is 12.1 Å². The van der Waals surface area contributed by atoms with Crippen LogP contribution in [0.3, 0.4) is 0 Å². The van der Waals surface area contributed by atoms with E-state index in [0.29, 0.717) is 19.8 Å². The van der Waals surface area contributed by atoms with E-state index >= 15 is 0 Å². The third-order valence-corrected chi connectivity index (χ3v) is 6.13. The quantitative estimate of drug-likeness (QED) is 0.240. The zero-order valence-electron chi connectivity index (χ0n) is 20.7. The van der Waals surface area contributed by atoms with Gasteiger partial charge in [-0.3, -0.25) is 4.68 Å². The number of benzene rings is 3. The second-order valence-electron chi connectivity index (χ2n) is 8.47. The van der Waals surface area contributed by atoms with Gasteiger partial charge in [-0.15, -0.1) is 0 Å². The molecule has 4 aromatic rings. The lowest BCUT2D eigenvalue weighted by Crippen LogP contribution is -2.33. The van der Waals surface area contributed by atoms with Crippen molar-refractivity contribution in [2.75, 3.05) is 32.8 Å². The Kier molecular flexibility index (Phi) is 9.10. The molecule has 0 amide bonds. The smallest absolute Gasteiger partial charge is 0.119 e. The Morgan fingerprint density at radius 3 is 2.03 bits per heavy atom. The Labute approximate surface area is 208 Å². The van der Waals surface area contributed by atoms with Crippen LogP contribution in [0, 0.1) is 0 Å². The summed E-state index contributed by atoms with van der Waals surface area (Å²) in [4.78, 5) is 2.37. The number of nitrogens with zero attached hydrogens (tertiary/aromatic N) is 3. The van der Waals surface area contributed by atoms with Crippen molar-refractivity contribution in [3.8, 4) is 28.3 Å². The van der Waals surface area contributed by atoms with Crippen molar-refractivity contribution in [3.05, 3.63) is 97.1 Å². The van der Waals surface area contributed by atoms with Gasteiger partial charge in [-0.05, 0) is 36.9 Å². The first-order chi connectivity index (χ1) is 17.3. The molecule has 5 nitrogen and oxygen atoms in total. The van der Waals surface area contributed by atoms with Gasteiger partial charge in [0.2, 0.25) is 0 Å². The highest BCUT2D eigenvalue weighted by Crippen LogP contribution is 2.26. The monoisotopic (exact) mass is 469 g/mol. The van der Waals surface area contributed by atoms with Crippen LogP contribution in [0.5, 0.6) is 5.75 Å². The van der Waals surface area contributed by atoms with E-state index in [0.717, 1.165) is 47.9 Å². The molecule has 182 valence electrons. The minimum absolute atomic E-state index is 0.142. The van der Waals surface area contributed by atoms with Gasteiger partial charge >= 0.3 is 0 Å². The first-order valence-electron chi connectivity index (χ1n) is 12.5. The number of rotatable bonds is 13. The number of hydrogen-bond acceptors (Lipinski definition) is 4. The maximum Gasteiger partial charge on any atom is 0.119 e. The molecule has 0 N–H and O–H groups in total. The van der Waals surface area contributed by atoms with Gasteiger partial charge in [-0.1, -0.05) is 92.7 Å². The van der Waals surface area contributed by atoms with Gasteiger partial charge in [0.15, 0.2) is 0 Å². The van der Waals surface area contributed by atoms with E-state index in [1.807, 2.05) is 54.6 Å². The molecule has 1 aromatic heterocycles. The van der Waals surface area contributed by atoms with Crippen molar-refractivity contribution >= 4 is 0 Å². The molecule has 35 heavy (non-hydrogen) atoms. The first kappa shape index (κ1) is 24.7. The summed E-state index contributed by atoms with van der Waals surface area (Å²) in [5.41, 5.74) is 4.26. The highest BCUT2D eigenvalue weighted by molar-refractivity contribution is 5.68. The molecule has 0 bridgehead atoms. The minimum Gasteiger partial charge on any atom is -0.491 e. The predicted octanol–water partition coefficient (Wildman–Crippen LogP) is 6.02. The maximum atomic E-state index is 6.38. The molecular weight excluding hydrogens is 434 g/mol. The largest absolute Gasteiger partial charge is 0.491 e. The summed E-state index contributed by atoms with van der Waals surface area (Å²) in [6, 6.07) is 32.8. The van der Waals surface area contributed by atoms with Gasteiger partial charge in [0.05, 0.1) is 24.5 Å². The Morgan fingerprint density at radius 1 is 0.800 bits per heavy atom. The second-order valence-corrected chi connectivity index (χ2v) is 8.47. The summed E-state index contributed by atoms with van der Waals surface area (Å²) in [5, 5.41) is 5.00. The summed E-state index contributed by atoms with van der Waals surface area (Å²) in [7, 11) is 0. The highest BCUT2D eigenvalue weighted by Gasteiger charge is 2.18. The van der Waals surface area contributed by atoms with Crippen molar-refractivity contribution in [1.29, 1.82) is 0 Å². The lowest BCUT2D eigenvalue weighted by atomic mass is 10.1. The van der Waals surface area contributed by atoms with Crippen molar-refractivity contribution in [2.45, 2.75) is 26.5 Å². The average Bonchev–Trinajstić information content (AvgIpc) is 3.35. The predicted molar refractivity (Wildman–Crippen MR) is 143 cm³/mol. The standard InChI is InChI=1S/C30H35N3O2/c1-3-32(4-2)20-21-34-28(24-35-27-18-12-7-13-19-27)23-33-30(26-16-10-6-11-17-26)22-29(31-33)25-14-8-5-9-15-25/h5-19,22,28H,3-4,20-21,23-24H2,1-2H3. The fraction of sp³-hybridized carbons (Fsp3) is 0.300. The molecule has 4 rings (SSSR count). The zero-order chi connectivity index (χ0) is 24.3. The van der Waals surface area contributed by atoms with Crippen LogP contribution in [-0.4, -0.2) is 53.6 Å². The van der Waals surface area contributed by atoms with E-state index in [-0.39, 0.29) is 6.10 Å². The molecule has 0 fully saturated rings. The van der Waals surface area contributed by atoms with Crippen LogP contribution < -0.4 is 4.74 Å². The molecule has 1 atom stereocenters. The summed E-state index contributed by atoms with van der Waals surface area (Å²) >= 11 is 0. The summed E-state index contributed by atoms with van der Waals surface area (Å²) in [6.07, 6.45) is -0.142. The Balaban J connectivity index is 1.57. The highest BCUT2D eigenvalue weighted by atomic mass is 16.5. The van der Waals surface area contributed by atoms with Gasteiger partial charge in [0.1, 0.15) is 18.5 Å². The molecule has 0 saturated carbocycles. The molecule has 5 heteroatoms. The van der Waals surface area contributed by atoms with Gasteiger partial charge in [-0.25, -0.2) is 0 Å². The van der Waals surface area contributed by atoms with Crippen molar-refractivity contribution in [3.63, 3.8) is 0 Å². The molecule has 0 aliphatic carbocycles. The molecule has 1 heterocycles. The number of para-hydroxylation sites is 1. The van der Waals surface area contributed by atoms with E-state index < -0.39 is 0 Å². The normalized spacial score (nSPS) is 12.1. The van der Waals surface area contributed by atoms with Crippen molar-refractivity contribution in [2.24, 2.45) is 0 Å². The number of aromatic nitrogens is 2. The fourth-order valence-electron chi connectivity index (χ4n) is 4.09. The number of hydrogen-bond donors (Lipinski definition) is 0. The first-order valence-corrected chi connectivity index (χ1v) is 12.5. The zero-order valence-corrected chi connectivity index (χ0v) is 20.7. The van der Waals surface area contributed by atoms with E-state index in [4.69, 9.17) is 14.6 Å². The topological polar surface area (TPSA) is 39.5 Å².